The molecule has 3 aliphatic rings. The lowest BCUT2D eigenvalue weighted by Crippen LogP contribution is -2.41. The van der Waals surface area contributed by atoms with E-state index < -0.39 is 18.0 Å². The summed E-state index contributed by atoms with van der Waals surface area (Å²) >= 11 is 6.42. The number of halogens is 1. The van der Waals surface area contributed by atoms with Gasteiger partial charge in [0.2, 0.25) is 0 Å². The van der Waals surface area contributed by atoms with Crippen LogP contribution in [0.25, 0.3) is 0 Å². The fourth-order valence-electron chi connectivity index (χ4n) is 5.64. The molecule has 1 atom stereocenters. The standard InChI is InChI=1S/C23H28ClN3O6/c1-33-20-14-11-17(13(22(31)32)12-18(28)29)26-19(14)16(24)10-15(20)21(30)25-7-6-23-4-2-8-27(23)9-3-5-23/h10,12,17,26H,2-9,11H2,1H3,(H,25,30)(H,28,29)(H,31,32)/b13-12-. The summed E-state index contributed by atoms with van der Waals surface area (Å²) in [6.45, 7) is 2.80. The van der Waals surface area contributed by atoms with Gasteiger partial charge in [0.05, 0.1) is 35.0 Å². The molecule has 0 radical (unpaired) electrons. The van der Waals surface area contributed by atoms with E-state index in [9.17, 15) is 19.5 Å². The van der Waals surface area contributed by atoms with Crippen molar-refractivity contribution in [3.05, 3.63) is 33.9 Å². The number of carboxylic acids is 2. The molecule has 2 fully saturated rings. The summed E-state index contributed by atoms with van der Waals surface area (Å²) < 4.78 is 5.53. The average Bonchev–Trinajstić information content (AvgIpc) is 3.45. The number of aliphatic carboxylic acids is 2. The fourth-order valence-corrected chi connectivity index (χ4v) is 5.91. The molecule has 0 bridgehead atoms. The number of nitrogens with zero attached hydrogens (tertiary/aromatic N) is 1. The van der Waals surface area contributed by atoms with Crippen LogP contribution >= 0.6 is 11.6 Å². The first-order valence-corrected chi connectivity index (χ1v) is 11.5. The first-order valence-electron chi connectivity index (χ1n) is 11.1. The zero-order chi connectivity index (χ0) is 23.8. The van der Waals surface area contributed by atoms with Crippen LogP contribution in [0.5, 0.6) is 5.75 Å². The van der Waals surface area contributed by atoms with Crippen LogP contribution in [0.2, 0.25) is 5.02 Å². The van der Waals surface area contributed by atoms with E-state index in [1.807, 2.05) is 0 Å². The van der Waals surface area contributed by atoms with Gasteiger partial charge in [-0.25, -0.2) is 9.59 Å². The van der Waals surface area contributed by atoms with E-state index in [-0.39, 0.29) is 34.0 Å². The Morgan fingerprint density at radius 1 is 1.30 bits per heavy atom. The van der Waals surface area contributed by atoms with Gasteiger partial charge in [-0.3, -0.25) is 9.69 Å². The van der Waals surface area contributed by atoms with Crippen molar-refractivity contribution in [1.82, 2.24) is 10.2 Å². The lowest BCUT2D eigenvalue weighted by Gasteiger charge is -2.32. The van der Waals surface area contributed by atoms with Gasteiger partial charge < -0.3 is 25.6 Å². The van der Waals surface area contributed by atoms with Crippen molar-refractivity contribution in [1.29, 1.82) is 0 Å². The minimum absolute atomic E-state index is 0.128. The molecule has 0 aromatic heterocycles. The number of carbonyl (C=O) groups is 3. The van der Waals surface area contributed by atoms with Gasteiger partial charge in [-0.15, -0.1) is 0 Å². The highest BCUT2D eigenvalue weighted by Gasteiger charge is 2.43. The third kappa shape index (κ3) is 4.39. The minimum atomic E-state index is -1.36. The molecule has 0 saturated carbocycles. The van der Waals surface area contributed by atoms with Gasteiger partial charge in [-0.05, 0) is 51.3 Å². The van der Waals surface area contributed by atoms with Crippen LogP contribution in [0.1, 0.15) is 48.0 Å². The minimum Gasteiger partial charge on any atom is -0.496 e. The topological polar surface area (TPSA) is 128 Å². The fraction of sp³-hybridized carbons (Fsp3) is 0.522. The van der Waals surface area contributed by atoms with Crippen molar-refractivity contribution in [2.45, 2.75) is 50.1 Å². The van der Waals surface area contributed by atoms with E-state index in [0.717, 1.165) is 19.5 Å². The Bertz CT molecular complexity index is 1010. The number of methoxy groups -OCH3 is 1. The predicted octanol–water partition coefficient (Wildman–Crippen LogP) is 2.53. The largest absolute Gasteiger partial charge is 0.496 e. The Morgan fingerprint density at radius 2 is 2.00 bits per heavy atom. The lowest BCUT2D eigenvalue weighted by molar-refractivity contribution is -0.135. The van der Waals surface area contributed by atoms with Gasteiger partial charge in [0.25, 0.3) is 5.91 Å². The van der Waals surface area contributed by atoms with Crippen LogP contribution in [0.4, 0.5) is 5.69 Å². The molecule has 0 aliphatic carbocycles. The third-order valence-electron chi connectivity index (χ3n) is 7.09. The molecular formula is C23H28ClN3O6. The number of hydrogen-bond donors (Lipinski definition) is 4. The van der Waals surface area contributed by atoms with E-state index in [1.54, 1.807) is 0 Å². The van der Waals surface area contributed by atoms with Crippen molar-refractivity contribution in [2.24, 2.45) is 0 Å². The number of nitrogens with one attached hydrogen (secondary N) is 2. The second kappa shape index (κ2) is 9.23. The quantitative estimate of drug-likeness (QED) is 0.420. The molecule has 2 saturated heterocycles. The Hall–Kier alpha value is -2.78. The molecule has 4 N–H and O–H groups in total. The summed E-state index contributed by atoms with van der Waals surface area (Å²) in [6, 6.07) is 0.689. The smallest absolute Gasteiger partial charge is 0.333 e. The number of carbonyl (C=O) groups excluding carboxylic acids is 1. The first kappa shape index (κ1) is 23.4. The zero-order valence-electron chi connectivity index (χ0n) is 18.4. The highest BCUT2D eigenvalue weighted by Crippen LogP contribution is 2.43. The molecule has 3 heterocycles. The number of amides is 1. The van der Waals surface area contributed by atoms with Crippen LogP contribution in [-0.4, -0.2) is 71.3 Å². The second-order valence-electron chi connectivity index (χ2n) is 8.86. The van der Waals surface area contributed by atoms with Crippen LogP contribution in [0, 0.1) is 0 Å². The van der Waals surface area contributed by atoms with Gasteiger partial charge in [0.1, 0.15) is 5.75 Å². The Kier molecular flexibility index (Phi) is 6.54. The van der Waals surface area contributed by atoms with Gasteiger partial charge in [0, 0.05) is 30.1 Å². The number of benzene rings is 1. The van der Waals surface area contributed by atoms with Crippen molar-refractivity contribution >= 4 is 35.1 Å². The van der Waals surface area contributed by atoms with E-state index in [2.05, 4.69) is 15.5 Å². The molecule has 3 aliphatic heterocycles. The number of anilines is 1. The van der Waals surface area contributed by atoms with Crippen molar-refractivity contribution in [2.75, 3.05) is 32.1 Å². The summed E-state index contributed by atoms with van der Waals surface area (Å²) in [5, 5.41) is 24.7. The third-order valence-corrected chi connectivity index (χ3v) is 7.39. The maximum Gasteiger partial charge on any atom is 0.333 e. The number of fused-ring (bicyclic) bond motifs is 2. The highest BCUT2D eigenvalue weighted by atomic mass is 35.5. The normalized spacial score (nSPS) is 21.3. The Morgan fingerprint density at radius 3 is 2.61 bits per heavy atom. The van der Waals surface area contributed by atoms with Gasteiger partial charge in [0.15, 0.2) is 0 Å². The van der Waals surface area contributed by atoms with Crippen molar-refractivity contribution < 1.29 is 29.3 Å². The molecule has 10 heteroatoms. The molecule has 178 valence electrons. The molecule has 1 unspecified atom stereocenters. The van der Waals surface area contributed by atoms with Crippen molar-refractivity contribution in [3.63, 3.8) is 0 Å². The van der Waals surface area contributed by atoms with E-state index in [0.29, 0.717) is 29.6 Å². The number of ether oxygens (including phenoxy) is 1. The molecular weight excluding hydrogens is 450 g/mol. The highest BCUT2D eigenvalue weighted by molar-refractivity contribution is 6.34. The molecule has 4 rings (SSSR count). The summed E-state index contributed by atoms with van der Waals surface area (Å²) in [5.41, 5.74) is 1.16. The average molecular weight is 478 g/mol. The molecule has 1 amide bonds. The molecule has 33 heavy (non-hydrogen) atoms. The van der Waals surface area contributed by atoms with E-state index in [1.165, 1.54) is 38.9 Å². The molecule has 1 aromatic rings. The van der Waals surface area contributed by atoms with Gasteiger partial charge >= 0.3 is 11.9 Å². The van der Waals surface area contributed by atoms with Gasteiger partial charge in [-0.2, -0.15) is 0 Å². The number of hydrogen-bond acceptors (Lipinski definition) is 6. The van der Waals surface area contributed by atoms with Crippen LogP contribution in [-0.2, 0) is 16.0 Å². The van der Waals surface area contributed by atoms with Crippen molar-refractivity contribution in [3.8, 4) is 5.75 Å². The summed E-state index contributed by atoms with van der Waals surface area (Å²) in [5.74, 6) is -2.70. The SMILES string of the molecule is COc1c(C(=O)NCCC23CCCN2CCC3)cc(Cl)c2c1CC(/C(=C/C(=O)O)C(=O)O)N2. The van der Waals surface area contributed by atoms with E-state index >= 15 is 0 Å². The molecule has 0 spiro atoms. The summed E-state index contributed by atoms with van der Waals surface area (Å²) in [7, 11) is 1.44. The Labute approximate surface area is 196 Å². The lowest BCUT2D eigenvalue weighted by atomic mass is 9.90. The Balaban J connectivity index is 1.52. The predicted molar refractivity (Wildman–Crippen MR) is 122 cm³/mol. The van der Waals surface area contributed by atoms with Crippen LogP contribution in [0.3, 0.4) is 0 Å². The monoisotopic (exact) mass is 477 g/mol. The second-order valence-corrected chi connectivity index (χ2v) is 9.27. The summed E-state index contributed by atoms with van der Waals surface area (Å²) in [4.78, 5) is 38.2. The molecule has 9 nitrogen and oxygen atoms in total. The van der Waals surface area contributed by atoms with E-state index in [4.69, 9.17) is 21.4 Å². The maximum absolute atomic E-state index is 13.0. The number of rotatable bonds is 8. The summed E-state index contributed by atoms with van der Waals surface area (Å²) in [6.07, 6.45) is 6.41. The maximum atomic E-state index is 13.0. The zero-order valence-corrected chi connectivity index (χ0v) is 19.2. The molecule has 1 aromatic carbocycles. The van der Waals surface area contributed by atoms with Crippen LogP contribution < -0.4 is 15.4 Å². The first-order chi connectivity index (χ1) is 15.8. The van der Waals surface area contributed by atoms with Gasteiger partial charge in [-0.1, -0.05) is 11.6 Å². The number of carboxylic acid groups (broad SMARTS) is 2. The van der Waals surface area contributed by atoms with Crippen LogP contribution in [0.15, 0.2) is 17.7 Å².